The molecule has 0 spiro atoms. The van der Waals surface area contributed by atoms with E-state index in [0.717, 1.165) is 11.8 Å². The second kappa shape index (κ2) is 2.31. The Labute approximate surface area is 50.0 Å². The van der Waals surface area contributed by atoms with Gasteiger partial charge in [0.05, 0.1) is 6.61 Å². The Balaban J connectivity index is 2.12. The highest BCUT2D eigenvalue weighted by Crippen LogP contribution is 2.38. The largest absolute Gasteiger partial charge is 0.392 e. The highest BCUT2D eigenvalue weighted by molar-refractivity contribution is 4.99. The fraction of sp³-hybridized carbons (Fsp3) is 0.714. The SMILES string of the molecule is CC1CC1C=CCO. The van der Waals surface area contributed by atoms with Crippen molar-refractivity contribution in [2.45, 2.75) is 13.3 Å². The van der Waals surface area contributed by atoms with E-state index in [1.807, 2.05) is 6.08 Å². The molecule has 2 unspecified atom stereocenters. The Bertz CT molecular complexity index is 96.6. The Morgan fingerprint density at radius 1 is 1.75 bits per heavy atom. The van der Waals surface area contributed by atoms with E-state index in [0.29, 0.717) is 0 Å². The molecule has 0 amide bonds. The number of hydrogen-bond donors (Lipinski definition) is 1. The molecule has 1 N–H and O–H groups in total. The van der Waals surface area contributed by atoms with Crippen LogP contribution in [-0.2, 0) is 0 Å². The van der Waals surface area contributed by atoms with Crippen molar-refractivity contribution in [3.63, 3.8) is 0 Å². The number of rotatable bonds is 2. The highest BCUT2D eigenvalue weighted by atomic mass is 16.2. The lowest BCUT2D eigenvalue weighted by molar-refractivity contribution is 0.342. The van der Waals surface area contributed by atoms with Crippen LogP contribution in [0.5, 0.6) is 0 Å². The maximum Gasteiger partial charge on any atom is 0.0612 e. The molecule has 0 saturated heterocycles. The first-order valence-corrected chi connectivity index (χ1v) is 3.12. The first kappa shape index (κ1) is 5.83. The minimum atomic E-state index is 0.198. The van der Waals surface area contributed by atoms with Gasteiger partial charge in [-0.15, -0.1) is 0 Å². The molecule has 0 bridgehead atoms. The minimum Gasteiger partial charge on any atom is -0.392 e. The van der Waals surface area contributed by atoms with Crippen molar-refractivity contribution in [2.24, 2.45) is 11.8 Å². The van der Waals surface area contributed by atoms with E-state index in [1.54, 1.807) is 0 Å². The van der Waals surface area contributed by atoms with Crippen LogP contribution in [-0.4, -0.2) is 11.7 Å². The molecule has 8 heavy (non-hydrogen) atoms. The van der Waals surface area contributed by atoms with Crippen molar-refractivity contribution in [1.29, 1.82) is 0 Å². The molecule has 1 nitrogen and oxygen atoms in total. The van der Waals surface area contributed by atoms with Crippen LogP contribution in [0.1, 0.15) is 13.3 Å². The van der Waals surface area contributed by atoms with Crippen LogP contribution in [0.3, 0.4) is 0 Å². The fourth-order valence-electron chi connectivity index (χ4n) is 0.855. The average molecular weight is 112 g/mol. The summed E-state index contributed by atoms with van der Waals surface area (Å²) in [4.78, 5) is 0. The van der Waals surface area contributed by atoms with Gasteiger partial charge in [-0.05, 0) is 18.3 Å². The van der Waals surface area contributed by atoms with E-state index < -0.39 is 0 Å². The monoisotopic (exact) mass is 112 g/mol. The zero-order valence-electron chi connectivity index (χ0n) is 5.17. The van der Waals surface area contributed by atoms with Crippen LogP contribution in [0.15, 0.2) is 12.2 Å². The van der Waals surface area contributed by atoms with Crippen molar-refractivity contribution < 1.29 is 5.11 Å². The van der Waals surface area contributed by atoms with Gasteiger partial charge in [0.2, 0.25) is 0 Å². The summed E-state index contributed by atoms with van der Waals surface area (Å²) >= 11 is 0. The molecule has 1 aliphatic carbocycles. The minimum absolute atomic E-state index is 0.198. The lowest BCUT2D eigenvalue weighted by Crippen LogP contribution is -1.73. The van der Waals surface area contributed by atoms with Gasteiger partial charge < -0.3 is 5.11 Å². The zero-order chi connectivity index (χ0) is 5.98. The van der Waals surface area contributed by atoms with Crippen molar-refractivity contribution in [3.8, 4) is 0 Å². The molecule has 0 aromatic rings. The Hall–Kier alpha value is -0.300. The number of allylic oxidation sites excluding steroid dienone is 1. The van der Waals surface area contributed by atoms with Gasteiger partial charge in [-0.3, -0.25) is 0 Å². The molecule has 2 atom stereocenters. The molecule has 1 fully saturated rings. The van der Waals surface area contributed by atoms with Gasteiger partial charge in [0.1, 0.15) is 0 Å². The van der Waals surface area contributed by atoms with Crippen molar-refractivity contribution in [2.75, 3.05) is 6.61 Å². The molecule has 0 heterocycles. The van der Waals surface area contributed by atoms with Crippen LogP contribution < -0.4 is 0 Å². The standard InChI is InChI=1S/C7H12O/c1-6-5-7(6)3-2-4-8/h2-3,6-8H,4-5H2,1H3. The topological polar surface area (TPSA) is 20.2 Å². The van der Waals surface area contributed by atoms with Gasteiger partial charge in [0.25, 0.3) is 0 Å². The molecule has 0 aromatic carbocycles. The number of aliphatic hydroxyl groups is 1. The van der Waals surface area contributed by atoms with Gasteiger partial charge in [-0.25, -0.2) is 0 Å². The summed E-state index contributed by atoms with van der Waals surface area (Å²) in [5.74, 6) is 1.65. The highest BCUT2D eigenvalue weighted by Gasteiger charge is 2.29. The number of aliphatic hydroxyl groups excluding tert-OH is 1. The second-order valence-corrected chi connectivity index (χ2v) is 2.49. The smallest absolute Gasteiger partial charge is 0.0612 e. The third-order valence-corrected chi connectivity index (χ3v) is 1.66. The van der Waals surface area contributed by atoms with E-state index in [-0.39, 0.29) is 6.61 Å². The maximum absolute atomic E-state index is 8.34. The molecular weight excluding hydrogens is 100 g/mol. The summed E-state index contributed by atoms with van der Waals surface area (Å²) in [6, 6.07) is 0. The zero-order valence-corrected chi connectivity index (χ0v) is 5.17. The summed E-state index contributed by atoms with van der Waals surface area (Å²) in [6.45, 7) is 2.43. The van der Waals surface area contributed by atoms with E-state index >= 15 is 0 Å². The summed E-state index contributed by atoms with van der Waals surface area (Å²) < 4.78 is 0. The maximum atomic E-state index is 8.34. The average Bonchev–Trinajstić information content (AvgIpc) is 2.42. The van der Waals surface area contributed by atoms with E-state index in [9.17, 15) is 0 Å². The normalized spacial score (nSPS) is 36.2. The molecular formula is C7H12O. The van der Waals surface area contributed by atoms with Crippen molar-refractivity contribution in [1.82, 2.24) is 0 Å². The van der Waals surface area contributed by atoms with Crippen molar-refractivity contribution in [3.05, 3.63) is 12.2 Å². The lowest BCUT2D eigenvalue weighted by Gasteiger charge is -1.79. The van der Waals surface area contributed by atoms with Gasteiger partial charge >= 0.3 is 0 Å². The predicted octanol–water partition coefficient (Wildman–Crippen LogP) is 1.19. The predicted molar refractivity (Wildman–Crippen MR) is 33.5 cm³/mol. The Kier molecular flexibility index (Phi) is 1.69. The van der Waals surface area contributed by atoms with Crippen LogP contribution >= 0.6 is 0 Å². The first-order valence-electron chi connectivity index (χ1n) is 3.12. The quantitative estimate of drug-likeness (QED) is 0.532. The lowest BCUT2D eigenvalue weighted by atomic mass is 10.3. The summed E-state index contributed by atoms with van der Waals surface area (Å²) in [6.07, 6.45) is 5.25. The summed E-state index contributed by atoms with van der Waals surface area (Å²) in [5.41, 5.74) is 0. The molecule has 0 aliphatic heterocycles. The van der Waals surface area contributed by atoms with E-state index in [1.165, 1.54) is 6.42 Å². The molecule has 1 saturated carbocycles. The van der Waals surface area contributed by atoms with Crippen LogP contribution in [0.4, 0.5) is 0 Å². The van der Waals surface area contributed by atoms with Gasteiger partial charge in [0, 0.05) is 0 Å². The van der Waals surface area contributed by atoms with Crippen LogP contribution in [0.25, 0.3) is 0 Å². The first-order chi connectivity index (χ1) is 3.84. The van der Waals surface area contributed by atoms with Gasteiger partial charge in [-0.1, -0.05) is 19.1 Å². The third kappa shape index (κ3) is 1.34. The second-order valence-electron chi connectivity index (χ2n) is 2.49. The Morgan fingerprint density at radius 2 is 2.38 bits per heavy atom. The van der Waals surface area contributed by atoms with E-state index in [4.69, 9.17) is 5.11 Å². The molecule has 0 aromatic heterocycles. The molecule has 1 heteroatoms. The fourth-order valence-corrected chi connectivity index (χ4v) is 0.855. The molecule has 1 aliphatic rings. The summed E-state index contributed by atoms with van der Waals surface area (Å²) in [7, 11) is 0. The van der Waals surface area contributed by atoms with Crippen molar-refractivity contribution >= 4 is 0 Å². The third-order valence-electron chi connectivity index (χ3n) is 1.66. The van der Waals surface area contributed by atoms with E-state index in [2.05, 4.69) is 13.0 Å². The van der Waals surface area contributed by atoms with Gasteiger partial charge in [-0.2, -0.15) is 0 Å². The molecule has 1 rings (SSSR count). The van der Waals surface area contributed by atoms with Gasteiger partial charge in [0.15, 0.2) is 0 Å². The number of hydrogen-bond acceptors (Lipinski definition) is 1. The van der Waals surface area contributed by atoms with Crippen LogP contribution in [0.2, 0.25) is 0 Å². The molecule has 0 radical (unpaired) electrons. The van der Waals surface area contributed by atoms with Crippen LogP contribution in [0, 0.1) is 11.8 Å². The summed E-state index contributed by atoms with van der Waals surface area (Å²) in [5, 5.41) is 8.34. The Morgan fingerprint density at radius 3 is 2.75 bits per heavy atom. The molecule has 46 valence electrons.